The highest BCUT2D eigenvalue weighted by atomic mass is 16.2. The molecule has 0 aromatic heterocycles. The van der Waals surface area contributed by atoms with Crippen molar-refractivity contribution in [1.29, 1.82) is 0 Å². The van der Waals surface area contributed by atoms with Crippen molar-refractivity contribution in [3.8, 4) is 0 Å². The van der Waals surface area contributed by atoms with E-state index in [1.165, 1.54) is 5.56 Å². The number of benzene rings is 1. The molecule has 0 aliphatic carbocycles. The first-order valence-corrected chi connectivity index (χ1v) is 4.95. The van der Waals surface area contributed by atoms with E-state index in [0.717, 1.165) is 6.42 Å². The molecule has 1 unspecified atom stereocenters. The fourth-order valence-electron chi connectivity index (χ4n) is 1.63. The van der Waals surface area contributed by atoms with Crippen molar-refractivity contribution >= 4 is 5.91 Å². The summed E-state index contributed by atoms with van der Waals surface area (Å²) in [5.74, 6) is 0.112. The molecule has 0 heterocycles. The summed E-state index contributed by atoms with van der Waals surface area (Å²) in [6.07, 6.45) is 0.945. The smallest absolute Gasteiger partial charge is 0.219 e. The number of carbonyl (C=O) groups is 1. The topological polar surface area (TPSA) is 20.3 Å². The van der Waals surface area contributed by atoms with Crippen molar-refractivity contribution in [2.24, 2.45) is 0 Å². The second kappa shape index (κ2) is 4.80. The van der Waals surface area contributed by atoms with Gasteiger partial charge in [-0.15, -0.1) is 0 Å². The van der Waals surface area contributed by atoms with Crippen LogP contribution in [0, 0.1) is 0 Å². The predicted molar refractivity (Wildman–Crippen MR) is 57.9 cm³/mol. The molecule has 0 aliphatic heterocycles. The van der Waals surface area contributed by atoms with Crippen LogP contribution in [0.25, 0.3) is 0 Å². The average Bonchev–Trinajstić information content (AvgIpc) is 2.20. The quantitative estimate of drug-likeness (QED) is 0.719. The van der Waals surface area contributed by atoms with Gasteiger partial charge in [0.25, 0.3) is 0 Å². The zero-order valence-corrected chi connectivity index (χ0v) is 9.03. The van der Waals surface area contributed by atoms with Gasteiger partial charge in [0.15, 0.2) is 0 Å². The van der Waals surface area contributed by atoms with Gasteiger partial charge < -0.3 is 4.90 Å². The average molecular weight is 191 g/mol. The minimum absolute atomic E-state index is 0.112. The first-order chi connectivity index (χ1) is 6.66. The van der Waals surface area contributed by atoms with Crippen LogP contribution in [0.2, 0.25) is 0 Å². The lowest BCUT2D eigenvalue weighted by molar-refractivity contribution is -0.129. The first kappa shape index (κ1) is 10.8. The van der Waals surface area contributed by atoms with Crippen LogP contribution < -0.4 is 0 Å². The Morgan fingerprint density at radius 3 is 2.36 bits per heavy atom. The molecule has 0 spiro atoms. The molecule has 2 heteroatoms. The van der Waals surface area contributed by atoms with E-state index in [2.05, 4.69) is 19.1 Å². The fourth-order valence-corrected chi connectivity index (χ4v) is 1.63. The Balaban J connectivity index is 2.87. The largest absolute Gasteiger partial charge is 0.339 e. The van der Waals surface area contributed by atoms with Crippen molar-refractivity contribution in [1.82, 2.24) is 4.90 Å². The van der Waals surface area contributed by atoms with Crippen LogP contribution in [0.1, 0.15) is 31.9 Å². The minimum Gasteiger partial charge on any atom is -0.339 e. The summed E-state index contributed by atoms with van der Waals surface area (Å²) in [4.78, 5) is 13.0. The second-order valence-electron chi connectivity index (χ2n) is 3.46. The Bertz CT molecular complexity index is 294. The van der Waals surface area contributed by atoms with Crippen LogP contribution >= 0.6 is 0 Å². The van der Waals surface area contributed by atoms with Crippen molar-refractivity contribution in [3.63, 3.8) is 0 Å². The molecule has 76 valence electrons. The van der Waals surface area contributed by atoms with Crippen LogP contribution in [0.3, 0.4) is 0 Å². The summed E-state index contributed by atoms with van der Waals surface area (Å²) < 4.78 is 0. The number of hydrogen-bond acceptors (Lipinski definition) is 1. The molecule has 0 saturated heterocycles. The van der Waals surface area contributed by atoms with Crippen LogP contribution in [0.5, 0.6) is 0 Å². The van der Waals surface area contributed by atoms with Crippen molar-refractivity contribution < 1.29 is 4.79 Å². The van der Waals surface area contributed by atoms with Gasteiger partial charge >= 0.3 is 0 Å². The Hall–Kier alpha value is -1.31. The molecule has 0 N–H and O–H groups in total. The third-order valence-electron chi connectivity index (χ3n) is 2.54. The van der Waals surface area contributed by atoms with Gasteiger partial charge in [-0.2, -0.15) is 0 Å². The normalized spacial score (nSPS) is 12.2. The Morgan fingerprint density at radius 1 is 1.36 bits per heavy atom. The Labute approximate surface area is 85.5 Å². The van der Waals surface area contributed by atoms with Gasteiger partial charge in [-0.3, -0.25) is 4.79 Å². The van der Waals surface area contributed by atoms with Gasteiger partial charge in [0.2, 0.25) is 5.91 Å². The van der Waals surface area contributed by atoms with E-state index in [4.69, 9.17) is 0 Å². The Morgan fingerprint density at radius 2 is 1.93 bits per heavy atom. The van der Waals surface area contributed by atoms with Crippen molar-refractivity contribution in [2.75, 3.05) is 7.05 Å². The molecule has 0 radical (unpaired) electrons. The molecule has 1 aromatic carbocycles. The van der Waals surface area contributed by atoms with Gasteiger partial charge in [0.05, 0.1) is 6.04 Å². The van der Waals surface area contributed by atoms with Crippen molar-refractivity contribution in [3.05, 3.63) is 35.9 Å². The molecule has 1 atom stereocenters. The van der Waals surface area contributed by atoms with Gasteiger partial charge in [0, 0.05) is 14.0 Å². The molecule has 0 aliphatic rings. The molecular weight excluding hydrogens is 174 g/mol. The zero-order chi connectivity index (χ0) is 10.6. The number of amides is 1. The molecule has 2 nitrogen and oxygen atoms in total. The van der Waals surface area contributed by atoms with Gasteiger partial charge in [-0.25, -0.2) is 0 Å². The minimum atomic E-state index is 0.112. The second-order valence-corrected chi connectivity index (χ2v) is 3.46. The number of nitrogens with zero attached hydrogens (tertiary/aromatic N) is 1. The van der Waals surface area contributed by atoms with Crippen molar-refractivity contribution in [2.45, 2.75) is 26.3 Å². The third-order valence-corrected chi connectivity index (χ3v) is 2.54. The lowest BCUT2D eigenvalue weighted by atomic mass is 10.0. The maximum Gasteiger partial charge on any atom is 0.219 e. The third kappa shape index (κ3) is 2.34. The molecule has 0 bridgehead atoms. The molecule has 1 rings (SSSR count). The first-order valence-electron chi connectivity index (χ1n) is 4.95. The van der Waals surface area contributed by atoms with E-state index in [0.29, 0.717) is 0 Å². The number of hydrogen-bond donors (Lipinski definition) is 0. The van der Waals surface area contributed by atoms with E-state index >= 15 is 0 Å². The number of rotatable bonds is 3. The SMILES string of the molecule is CCC(c1ccccc1)N(C)C(C)=O. The molecule has 1 aromatic rings. The highest BCUT2D eigenvalue weighted by Crippen LogP contribution is 2.22. The highest BCUT2D eigenvalue weighted by molar-refractivity contribution is 5.73. The number of carbonyl (C=O) groups excluding carboxylic acids is 1. The Kier molecular flexibility index (Phi) is 3.69. The van der Waals surface area contributed by atoms with E-state index in [1.807, 2.05) is 25.2 Å². The van der Waals surface area contributed by atoms with E-state index in [1.54, 1.807) is 11.8 Å². The summed E-state index contributed by atoms with van der Waals surface area (Å²) in [6.45, 7) is 3.70. The lowest BCUT2D eigenvalue weighted by Crippen LogP contribution is -2.28. The summed E-state index contributed by atoms with van der Waals surface area (Å²) >= 11 is 0. The van der Waals surface area contributed by atoms with Crippen LogP contribution in [-0.4, -0.2) is 17.9 Å². The van der Waals surface area contributed by atoms with Crippen LogP contribution in [0.4, 0.5) is 0 Å². The summed E-state index contributed by atoms with van der Waals surface area (Å²) in [7, 11) is 1.85. The predicted octanol–water partition coefficient (Wildman–Crippen LogP) is 2.62. The summed E-state index contributed by atoms with van der Waals surface area (Å²) in [5.41, 5.74) is 1.20. The standard InChI is InChI=1S/C12H17NO/c1-4-12(13(3)10(2)14)11-8-6-5-7-9-11/h5-9,12H,4H2,1-3H3. The van der Waals surface area contributed by atoms with Crippen LogP contribution in [0.15, 0.2) is 30.3 Å². The molecule has 0 fully saturated rings. The molecule has 0 saturated carbocycles. The maximum absolute atomic E-state index is 11.2. The fraction of sp³-hybridized carbons (Fsp3) is 0.417. The van der Waals surface area contributed by atoms with E-state index in [9.17, 15) is 4.79 Å². The molecule has 14 heavy (non-hydrogen) atoms. The van der Waals surface area contributed by atoms with Gasteiger partial charge in [-0.05, 0) is 12.0 Å². The van der Waals surface area contributed by atoms with Crippen LogP contribution in [-0.2, 0) is 4.79 Å². The lowest BCUT2D eigenvalue weighted by Gasteiger charge is -2.26. The molecule has 1 amide bonds. The van der Waals surface area contributed by atoms with E-state index < -0.39 is 0 Å². The van der Waals surface area contributed by atoms with Gasteiger partial charge in [-0.1, -0.05) is 37.3 Å². The highest BCUT2D eigenvalue weighted by Gasteiger charge is 2.16. The summed E-state index contributed by atoms with van der Waals surface area (Å²) in [5, 5.41) is 0. The van der Waals surface area contributed by atoms with E-state index in [-0.39, 0.29) is 11.9 Å². The molecular formula is C12H17NO. The summed E-state index contributed by atoms with van der Waals surface area (Å²) in [6, 6.07) is 10.3. The maximum atomic E-state index is 11.2. The van der Waals surface area contributed by atoms with Gasteiger partial charge in [0.1, 0.15) is 0 Å². The monoisotopic (exact) mass is 191 g/mol. The zero-order valence-electron chi connectivity index (χ0n) is 9.03.